The fraction of sp³-hybridized carbons (Fsp3) is 0.500. The van der Waals surface area contributed by atoms with Gasteiger partial charge in [0.25, 0.3) is 17.0 Å². The van der Waals surface area contributed by atoms with Crippen LogP contribution in [-0.4, -0.2) is 52.3 Å². The first-order valence-electron chi connectivity index (χ1n) is 11.4. The van der Waals surface area contributed by atoms with Gasteiger partial charge >= 0.3 is 0 Å². The first-order valence-corrected chi connectivity index (χ1v) is 12.2. The Morgan fingerprint density at radius 1 is 1.24 bits per heavy atom. The average Bonchev–Trinajstić information content (AvgIpc) is 3.28. The van der Waals surface area contributed by atoms with Crippen LogP contribution in [0.5, 0.6) is 5.19 Å². The maximum atomic E-state index is 15.0. The van der Waals surface area contributed by atoms with Crippen LogP contribution in [0.25, 0.3) is 0 Å². The van der Waals surface area contributed by atoms with E-state index >= 15 is 0 Å². The van der Waals surface area contributed by atoms with E-state index in [2.05, 4.69) is 15.6 Å². The Kier molecular flexibility index (Phi) is 6.62. The second-order valence-electron chi connectivity index (χ2n) is 9.15. The molecule has 2 fully saturated rings. The van der Waals surface area contributed by atoms with Crippen molar-refractivity contribution in [3.63, 3.8) is 0 Å². The van der Waals surface area contributed by atoms with Gasteiger partial charge in [0.1, 0.15) is 16.2 Å². The van der Waals surface area contributed by atoms with Gasteiger partial charge in [-0.2, -0.15) is 0 Å². The van der Waals surface area contributed by atoms with Crippen molar-refractivity contribution in [2.45, 2.75) is 70.1 Å². The quantitative estimate of drug-likeness (QED) is 0.622. The van der Waals surface area contributed by atoms with E-state index in [1.54, 1.807) is 24.0 Å². The number of methoxy groups -OCH3 is 1. The van der Waals surface area contributed by atoms with Gasteiger partial charge in [0.15, 0.2) is 0 Å². The fourth-order valence-corrected chi connectivity index (χ4v) is 5.06. The van der Waals surface area contributed by atoms with E-state index < -0.39 is 23.3 Å². The predicted molar refractivity (Wildman–Crippen MR) is 125 cm³/mol. The van der Waals surface area contributed by atoms with Crippen molar-refractivity contribution in [1.82, 2.24) is 20.5 Å². The molecule has 8 nitrogen and oxygen atoms in total. The van der Waals surface area contributed by atoms with Crippen molar-refractivity contribution in [3.8, 4) is 5.19 Å². The Morgan fingerprint density at radius 3 is 2.47 bits per heavy atom. The largest absolute Gasteiger partial charge is 0.473 e. The molecule has 2 aromatic rings. The van der Waals surface area contributed by atoms with Crippen molar-refractivity contribution in [2.75, 3.05) is 7.11 Å². The molecule has 4 rings (SSSR count). The monoisotopic (exact) mass is 488 g/mol. The van der Waals surface area contributed by atoms with Crippen LogP contribution in [0.1, 0.15) is 78.1 Å². The number of likely N-dealkylation sites (tertiary alicyclic amines) is 1. The maximum absolute atomic E-state index is 15.0. The molecule has 0 spiro atoms. The van der Waals surface area contributed by atoms with Crippen LogP contribution >= 0.6 is 11.3 Å². The second kappa shape index (κ2) is 9.32. The number of carbonyl (C=O) groups excluding carboxylic acids is 3. The highest BCUT2D eigenvalue weighted by atomic mass is 32.1. The number of halogens is 1. The van der Waals surface area contributed by atoms with Crippen molar-refractivity contribution in [2.24, 2.45) is 0 Å². The zero-order valence-corrected chi connectivity index (χ0v) is 20.5. The molecule has 1 aliphatic carbocycles. The van der Waals surface area contributed by atoms with Crippen molar-refractivity contribution < 1.29 is 23.5 Å². The molecule has 1 aromatic carbocycles. The first-order chi connectivity index (χ1) is 16.1. The zero-order valence-electron chi connectivity index (χ0n) is 19.7. The van der Waals surface area contributed by atoms with Crippen molar-refractivity contribution in [1.29, 1.82) is 0 Å². The number of nitrogens with one attached hydrogen (secondary N) is 2. The van der Waals surface area contributed by atoms with Crippen molar-refractivity contribution in [3.05, 3.63) is 46.2 Å². The lowest BCUT2D eigenvalue weighted by atomic mass is 10.0. The van der Waals surface area contributed by atoms with Gasteiger partial charge in [-0.05, 0) is 58.6 Å². The Balaban J connectivity index is 1.41. The van der Waals surface area contributed by atoms with Gasteiger partial charge in [0, 0.05) is 23.2 Å². The van der Waals surface area contributed by atoms with E-state index in [0.29, 0.717) is 28.5 Å². The van der Waals surface area contributed by atoms with Gasteiger partial charge < -0.3 is 20.3 Å². The van der Waals surface area contributed by atoms with Gasteiger partial charge in [-0.3, -0.25) is 14.4 Å². The molecule has 2 aliphatic rings. The summed E-state index contributed by atoms with van der Waals surface area (Å²) in [7, 11) is 1.47. The molecule has 1 saturated carbocycles. The number of nitrogens with zero attached hydrogens (tertiary/aromatic N) is 2. The lowest BCUT2D eigenvalue weighted by Crippen LogP contribution is -2.49. The molecule has 1 saturated heterocycles. The number of hydrogen-bond acceptors (Lipinski definition) is 6. The Labute approximate surface area is 201 Å². The molecule has 1 aliphatic heterocycles. The van der Waals surface area contributed by atoms with Crippen LogP contribution in [0, 0.1) is 5.82 Å². The van der Waals surface area contributed by atoms with Gasteiger partial charge in [-0.25, -0.2) is 9.37 Å². The fourth-order valence-electron chi connectivity index (χ4n) is 4.44. The minimum absolute atomic E-state index is 0.124. The number of benzene rings is 1. The lowest BCUT2D eigenvalue weighted by molar-refractivity contribution is -0.124. The number of thiazole rings is 1. The molecule has 10 heteroatoms. The molecule has 3 atom stereocenters. The normalized spacial score (nSPS) is 21.6. The number of rotatable bonds is 7. The molecule has 182 valence electrons. The predicted octanol–water partition coefficient (Wildman–Crippen LogP) is 3.44. The third-order valence-electron chi connectivity index (χ3n) is 6.67. The Hall–Kier alpha value is -3.01. The van der Waals surface area contributed by atoms with E-state index in [-0.39, 0.29) is 29.5 Å². The topological polar surface area (TPSA) is 101 Å². The molecular weight excluding hydrogens is 459 g/mol. The van der Waals surface area contributed by atoms with Gasteiger partial charge in [0.05, 0.1) is 19.3 Å². The van der Waals surface area contributed by atoms with E-state index in [9.17, 15) is 18.8 Å². The molecule has 2 heterocycles. The summed E-state index contributed by atoms with van der Waals surface area (Å²) >= 11 is 1.09. The average molecular weight is 489 g/mol. The number of aromatic nitrogens is 1. The molecular formula is C24H29FN4O4S. The summed E-state index contributed by atoms with van der Waals surface area (Å²) in [5, 5.41) is 5.94. The highest BCUT2D eigenvalue weighted by molar-refractivity contribution is 7.15. The third-order valence-corrected chi connectivity index (χ3v) is 7.63. The van der Waals surface area contributed by atoms with Gasteiger partial charge in [-0.15, -0.1) is 0 Å². The minimum Gasteiger partial charge on any atom is -0.473 e. The minimum atomic E-state index is -1.02. The van der Waals surface area contributed by atoms with Gasteiger partial charge in [0.2, 0.25) is 5.91 Å². The number of ether oxygens (including phenoxy) is 1. The molecule has 0 unspecified atom stereocenters. The summed E-state index contributed by atoms with van der Waals surface area (Å²) in [6.07, 6.45) is 4.26. The van der Waals surface area contributed by atoms with Crippen molar-refractivity contribution >= 4 is 29.1 Å². The summed E-state index contributed by atoms with van der Waals surface area (Å²) in [6, 6.07) is 4.00. The SMILES string of the molecule is COc1ncc(C(=O)NC2(C(=O)N[C@H](C)c3ccc(C(=O)N4[C@H](C)CC[C@@H]4C)cc3F)CC2)s1. The van der Waals surface area contributed by atoms with E-state index in [4.69, 9.17) is 4.74 Å². The molecule has 1 aromatic heterocycles. The molecule has 0 bridgehead atoms. The summed E-state index contributed by atoms with van der Waals surface area (Å²) in [5.41, 5.74) is -0.440. The smallest absolute Gasteiger partial charge is 0.273 e. The second-order valence-corrected chi connectivity index (χ2v) is 10.1. The third kappa shape index (κ3) is 4.64. The summed E-state index contributed by atoms with van der Waals surface area (Å²) in [6.45, 7) is 5.68. The van der Waals surface area contributed by atoms with Crippen LogP contribution in [0.15, 0.2) is 24.4 Å². The molecule has 3 amide bonds. The highest BCUT2D eigenvalue weighted by Crippen LogP contribution is 2.37. The maximum Gasteiger partial charge on any atom is 0.273 e. The highest BCUT2D eigenvalue weighted by Gasteiger charge is 2.51. The van der Waals surface area contributed by atoms with E-state index in [1.165, 1.54) is 19.4 Å². The summed E-state index contributed by atoms with van der Waals surface area (Å²) in [4.78, 5) is 44.5. The van der Waals surface area contributed by atoms with Crippen LogP contribution < -0.4 is 15.4 Å². The van der Waals surface area contributed by atoms with Crippen LogP contribution in [-0.2, 0) is 4.79 Å². The number of carbonyl (C=O) groups is 3. The standard InChI is InChI=1S/C24H29FN4O4S/c1-13-5-6-14(2)29(13)21(31)16-7-8-17(18(25)11-16)15(3)27-22(32)24(9-10-24)28-20(30)19-12-26-23(33-4)34-19/h7-8,11-15H,5-6,9-10H2,1-4H3,(H,27,32)(H,28,30)/t13-,14+,15-/m1/s1. The van der Waals surface area contributed by atoms with E-state index in [1.807, 2.05) is 13.8 Å². The number of hydrogen-bond donors (Lipinski definition) is 2. The van der Waals surface area contributed by atoms with E-state index in [0.717, 1.165) is 24.2 Å². The van der Waals surface area contributed by atoms with Crippen LogP contribution in [0.4, 0.5) is 4.39 Å². The van der Waals surface area contributed by atoms with Crippen LogP contribution in [0.2, 0.25) is 0 Å². The summed E-state index contributed by atoms with van der Waals surface area (Å²) < 4.78 is 20.0. The molecule has 2 N–H and O–H groups in total. The molecule has 0 radical (unpaired) electrons. The molecule has 34 heavy (non-hydrogen) atoms. The lowest BCUT2D eigenvalue weighted by Gasteiger charge is -2.26. The zero-order chi connectivity index (χ0) is 24.6. The van der Waals surface area contributed by atoms with Gasteiger partial charge in [-0.1, -0.05) is 17.4 Å². The Morgan fingerprint density at radius 2 is 1.91 bits per heavy atom. The van der Waals surface area contributed by atoms with Crippen LogP contribution in [0.3, 0.4) is 0 Å². The first kappa shape index (κ1) is 24.1. The summed E-state index contributed by atoms with van der Waals surface area (Å²) in [5.74, 6) is -1.51. The Bertz CT molecular complexity index is 1110. The number of amides is 3.